The monoisotopic (exact) mass is 406 g/mol. The first-order valence-electron chi connectivity index (χ1n) is 7.33. The maximum atomic E-state index is 2.24. The van der Waals surface area contributed by atoms with E-state index in [4.69, 9.17) is 0 Å². The van der Waals surface area contributed by atoms with Crippen LogP contribution in [0.3, 0.4) is 0 Å². The van der Waals surface area contributed by atoms with Crippen molar-refractivity contribution in [1.29, 1.82) is 0 Å². The van der Waals surface area contributed by atoms with E-state index >= 15 is 0 Å². The van der Waals surface area contributed by atoms with Gasteiger partial charge < -0.3 is 24.8 Å². The van der Waals surface area contributed by atoms with Gasteiger partial charge in [0.05, 0.1) is 0 Å². The summed E-state index contributed by atoms with van der Waals surface area (Å²) in [5.41, 5.74) is 2.81. The van der Waals surface area contributed by atoms with E-state index in [9.17, 15) is 0 Å². The molecule has 0 radical (unpaired) electrons. The minimum atomic E-state index is 0. The van der Waals surface area contributed by atoms with Crippen molar-refractivity contribution >= 4 is 29.2 Å². The Morgan fingerprint density at radius 3 is 2.00 bits per heavy atom. The number of benzene rings is 2. The molecule has 124 valence electrons. The molecule has 4 aromatic carbocycles. The minimum absolute atomic E-state index is 0. The molecule has 0 amide bonds. The summed E-state index contributed by atoms with van der Waals surface area (Å²) >= 11 is 2.03. The van der Waals surface area contributed by atoms with E-state index < -0.39 is 0 Å². The second-order valence-corrected chi connectivity index (χ2v) is 5.19. The number of hydrogen-bond acceptors (Lipinski definition) is 0. The molecule has 0 aliphatic heterocycles. The predicted molar refractivity (Wildman–Crippen MR) is 97.1 cm³/mol. The maximum absolute atomic E-state index is 2.24. The van der Waals surface area contributed by atoms with Crippen molar-refractivity contribution in [2.24, 2.45) is 0 Å². The van der Waals surface area contributed by atoms with E-state index in [2.05, 4.69) is 86.6 Å². The molecule has 24 heavy (non-hydrogen) atoms. The first-order chi connectivity index (χ1) is 10.8. The largest absolute Gasteiger partial charge is 0.168 e. The summed E-state index contributed by atoms with van der Waals surface area (Å²) in [5.74, 6) is 0. The third kappa shape index (κ3) is 5.61. The summed E-state index contributed by atoms with van der Waals surface area (Å²) in [6.07, 6.45) is 0. The van der Waals surface area contributed by atoms with Crippen molar-refractivity contribution in [2.45, 2.75) is 13.8 Å². The molecule has 0 fully saturated rings. The molecule has 4 heteroatoms. The molecule has 0 heterocycles. The van der Waals surface area contributed by atoms with Crippen molar-refractivity contribution in [1.82, 2.24) is 0 Å². The maximum Gasteiger partial charge on any atom is -0.0809 e. The molecule has 0 N–H and O–H groups in total. The molecular weight excluding hydrogens is 387 g/mol. The van der Waals surface area contributed by atoms with Crippen molar-refractivity contribution in [3.63, 3.8) is 0 Å². The van der Waals surface area contributed by atoms with E-state index in [0.29, 0.717) is 0 Å². The summed E-state index contributed by atoms with van der Waals surface area (Å²) in [6.45, 7) is 4.34. The predicted octanol–water partition coefficient (Wildman–Crippen LogP) is -1.18. The Morgan fingerprint density at radius 2 is 1.38 bits per heavy atom. The summed E-state index contributed by atoms with van der Waals surface area (Å²) in [4.78, 5) is 0. The number of aryl methyl sites for hydroxylation is 2. The van der Waals surface area contributed by atoms with Gasteiger partial charge in [0.2, 0.25) is 0 Å². The van der Waals surface area contributed by atoms with Crippen LogP contribution in [0.4, 0.5) is 0 Å². The molecule has 0 atom stereocenters. The normalized spacial score (nSPS) is 9.00. The van der Waals surface area contributed by atoms with Crippen molar-refractivity contribution in [3.05, 3.63) is 83.9 Å². The standard InChI is InChI=1S/C11H11.C9H7.2ClH.H2Si.Ti/c1-8-7-10-5-3-4-6-11(10)9(8)2;1-2-5-9-7-3-6-8(9)4-1;;;;/h3-7H,1-2H3;1-7H;2*1H;1H2;/q2*-1;;;;+2/p-2. The van der Waals surface area contributed by atoms with Crippen LogP contribution in [0.1, 0.15) is 11.1 Å². The molecule has 0 saturated carbocycles. The zero-order valence-corrected chi connectivity index (χ0v) is 18.4. The Morgan fingerprint density at radius 1 is 0.792 bits per heavy atom. The molecule has 0 aliphatic carbocycles. The van der Waals surface area contributed by atoms with Crippen LogP contribution in [0.2, 0.25) is 0 Å². The summed E-state index contributed by atoms with van der Waals surface area (Å²) < 4.78 is 0. The zero-order valence-electron chi connectivity index (χ0n) is 13.9. The molecule has 4 aromatic rings. The Bertz CT molecular complexity index is 834. The molecule has 0 aromatic heterocycles. The third-order valence-corrected chi connectivity index (χ3v) is 3.88. The van der Waals surface area contributed by atoms with E-state index in [1.807, 2.05) is 26.8 Å². The summed E-state index contributed by atoms with van der Waals surface area (Å²) in [7, 11) is 1.86. The second kappa shape index (κ2) is 11.7. The Balaban J connectivity index is 0.000000376. The van der Waals surface area contributed by atoms with Gasteiger partial charge in [-0.3, -0.25) is 0 Å². The van der Waals surface area contributed by atoms with Crippen LogP contribution in [-0.4, -0.2) is 7.63 Å². The van der Waals surface area contributed by atoms with Crippen LogP contribution >= 0.6 is 0 Å². The van der Waals surface area contributed by atoms with Gasteiger partial charge in [0, 0.05) is 0 Å². The van der Waals surface area contributed by atoms with Crippen LogP contribution in [0.15, 0.2) is 72.8 Å². The first-order valence-corrected chi connectivity index (χ1v) is 11.3. The quantitative estimate of drug-likeness (QED) is 0.255. The molecular formula is C20H20Cl2SiTi-2. The fourth-order valence-corrected chi connectivity index (χ4v) is 2.59. The van der Waals surface area contributed by atoms with Gasteiger partial charge >= 0.3 is 26.8 Å². The Labute approximate surface area is 170 Å². The van der Waals surface area contributed by atoms with E-state index in [-0.39, 0.29) is 24.8 Å². The van der Waals surface area contributed by atoms with Crippen molar-refractivity contribution in [3.8, 4) is 0 Å². The van der Waals surface area contributed by atoms with Gasteiger partial charge in [-0.2, -0.15) is 23.1 Å². The van der Waals surface area contributed by atoms with Crippen molar-refractivity contribution < 1.29 is 44.0 Å². The third-order valence-electron chi connectivity index (χ3n) is 3.88. The Hall–Kier alpha value is -0.829. The second-order valence-electron chi connectivity index (χ2n) is 5.19. The van der Waals surface area contributed by atoms with Crippen LogP contribution in [0, 0.1) is 13.8 Å². The van der Waals surface area contributed by atoms with Gasteiger partial charge in [0.25, 0.3) is 0 Å². The summed E-state index contributed by atoms with van der Waals surface area (Å²) in [6, 6.07) is 25.4. The first kappa shape index (κ1) is 23.2. The number of hydrogen-bond donors (Lipinski definition) is 0. The molecule has 0 unspecified atom stereocenters. The number of halogens is 2. The van der Waals surface area contributed by atoms with Crippen LogP contribution < -0.4 is 24.8 Å². The minimum Gasteiger partial charge on any atom is -0.168 e. The van der Waals surface area contributed by atoms with Gasteiger partial charge in [0.1, 0.15) is 0 Å². The van der Waals surface area contributed by atoms with Gasteiger partial charge in [-0.15, -0.1) is 70.3 Å². The Kier molecular flexibility index (Phi) is 11.3. The van der Waals surface area contributed by atoms with Gasteiger partial charge in [-0.1, -0.05) is 26.0 Å². The fourth-order valence-electron chi connectivity index (χ4n) is 2.59. The average Bonchev–Trinajstić information content (AvgIpc) is 3.16. The summed E-state index contributed by atoms with van der Waals surface area (Å²) in [5, 5.41) is 5.42. The molecule has 4 rings (SSSR count). The van der Waals surface area contributed by atoms with Crippen LogP contribution in [-0.2, 0) is 19.2 Å². The zero-order chi connectivity index (χ0) is 15.9. The number of rotatable bonds is 0. The van der Waals surface area contributed by atoms with Crippen LogP contribution in [0.5, 0.6) is 0 Å². The molecule has 0 spiro atoms. The molecule has 0 saturated heterocycles. The van der Waals surface area contributed by atoms with Crippen LogP contribution in [0.25, 0.3) is 21.5 Å². The fraction of sp³-hybridized carbons (Fsp3) is 0.100. The SMILES string of the molecule is Cc1[cH-]c2ccccc2c1C.[Cl-].[Cl-].[SiH2]=[Ti+2].c1ccc2[cH-]ccc2c1. The molecule has 0 aliphatic rings. The van der Waals surface area contributed by atoms with E-state index in [1.54, 1.807) is 0 Å². The van der Waals surface area contributed by atoms with Gasteiger partial charge in [-0.05, 0) is 0 Å². The number of fused-ring (bicyclic) bond motifs is 2. The van der Waals surface area contributed by atoms with Gasteiger partial charge in [-0.25, -0.2) is 0 Å². The average molecular weight is 407 g/mol. The smallest absolute Gasteiger partial charge is 0.0809 e. The topological polar surface area (TPSA) is 0 Å². The van der Waals surface area contributed by atoms with Crippen molar-refractivity contribution in [2.75, 3.05) is 0 Å². The van der Waals surface area contributed by atoms with E-state index in [0.717, 1.165) is 0 Å². The van der Waals surface area contributed by atoms with E-state index in [1.165, 1.54) is 32.7 Å². The molecule has 0 nitrogen and oxygen atoms in total. The molecule has 0 bridgehead atoms. The van der Waals surface area contributed by atoms with Gasteiger partial charge in [0.15, 0.2) is 0 Å².